The maximum atomic E-state index is 14.2. The normalized spacial score (nSPS) is 16.0. The minimum Gasteiger partial charge on any atom is -0.495 e. The average molecular weight is 646 g/mol. The molecule has 0 bridgehead atoms. The van der Waals surface area contributed by atoms with E-state index in [0.29, 0.717) is 61.9 Å². The predicted octanol–water partition coefficient (Wildman–Crippen LogP) is 7.03. The first-order chi connectivity index (χ1) is 21.2. The second kappa shape index (κ2) is 12.3. The third kappa shape index (κ3) is 6.90. The third-order valence-corrected chi connectivity index (χ3v) is 8.00. The summed E-state index contributed by atoms with van der Waals surface area (Å²) in [6, 6.07) is 10.1. The Morgan fingerprint density at radius 1 is 0.911 bits per heavy atom. The van der Waals surface area contributed by atoms with Crippen LogP contribution in [-0.2, 0) is 10.9 Å². The number of ether oxygens (including phenoxy) is 2. The number of methoxy groups -OCH3 is 1. The molecule has 13 heteroatoms. The first kappa shape index (κ1) is 32.2. The maximum Gasteiger partial charge on any atom is 0.416 e. The number of aromatic nitrogens is 1. The van der Waals surface area contributed by atoms with Gasteiger partial charge in [-0.3, -0.25) is 4.90 Å². The van der Waals surface area contributed by atoms with Crippen LogP contribution in [0.25, 0.3) is 22.3 Å². The summed E-state index contributed by atoms with van der Waals surface area (Å²) in [7, 11) is 3.09. The van der Waals surface area contributed by atoms with E-state index in [-0.39, 0.29) is 27.9 Å². The molecule has 3 amide bonds. The minimum absolute atomic E-state index is 0.199. The molecule has 240 valence electrons. The molecule has 0 N–H and O–H groups in total. The van der Waals surface area contributed by atoms with Gasteiger partial charge in [0.25, 0.3) is 0 Å². The monoisotopic (exact) mass is 645 g/mol. The molecule has 9 nitrogen and oxygen atoms in total. The quantitative estimate of drug-likeness (QED) is 0.297. The van der Waals surface area contributed by atoms with Gasteiger partial charge in [-0.1, -0.05) is 17.7 Å². The molecule has 0 saturated carbocycles. The number of nitrogens with zero attached hydrogens (tertiary/aromatic N) is 5. The number of halogens is 4. The summed E-state index contributed by atoms with van der Waals surface area (Å²) in [5, 5.41) is 0.230. The fraction of sp³-hybridized carbons (Fsp3) is 0.406. The molecule has 5 rings (SSSR count). The number of alkyl halides is 3. The maximum absolute atomic E-state index is 14.2. The Hall–Kier alpha value is -4.19. The number of amides is 3. The van der Waals surface area contributed by atoms with Gasteiger partial charge >= 0.3 is 18.3 Å². The van der Waals surface area contributed by atoms with Crippen LogP contribution >= 0.6 is 11.6 Å². The summed E-state index contributed by atoms with van der Waals surface area (Å²) in [5.41, 5.74) is 0.331. The average Bonchev–Trinajstić information content (AvgIpc) is 3.32. The number of likely N-dealkylation sites (N-methyl/N-ethyl adjacent to an activating group) is 1. The number of hydrogen-bond donors (Lipinski definition) is 0. The van der Waals surface area contributed by atoms with Crippen molar-refractivity contribution < 1.29 is 32.2 Å². The van der Waals surface area contributed by atoms with Crippen LogP contribution in [-0.4, -0.2) is 85.9 Å². The van der Waals surface area contributed by atoms with E-state index in [1.54, 1.807) is 53.4 Å². The molecule has 2 aliphatic heterocycles. The Kier molecular flexibility index (Phi) is 8.81. The number of rotatable bonds is 5. The van der Waals surface area contributed by atoms with Gasteiger partial charge in [0.05, 0.1) is 23.4 Å². The number of urea groups is 1. The highest BCUT2D eigenvalue weighted by Gasteiger charge is 2.34. The Balaban J connectivity index is 1.49. The SMILES string of the molecule is COc1c(-c2ccnc(N3CCN(C(=O)OC(C)(C)C)CC3)c2)cc(C(F)(F)F)cc1-c1ccc(N2CCN(C)C2=O)c(Cl)c1. The molecular weight excluding hydrogens is 611 g/mol. The largest absolute Gasteiger partial charge is 0.495 e. The molecule has 2 aliphatic rings. The second-order valence-electron chi connectivity index (χ2n) is 12.0. The van der Waals surface area contributed by atoms with Crippen molar-refractivity contribution in [2.45, 2.75) is 32.5 Å². The van der Waals surface area contributed by atoms with Gasteiger partial charge in [-0.25, -0.2) is 14.6 Å². The standard InChI is InChI=1S/C32H35ClF3N5O4/c1-31(2,3)45-30(43)40-13-11-39(12-14-40)27-17-21(8-9-37-27)24-19-22(32(34,35)36)18-23(28(24)44-5)20-6-7-26(25(33)16-20)41-15-10-38(4)29(41)42/h6-9,16-19H,10-15H2,1-5H3. The molecule has 2 saturated heterocycles. The van der Waals surface area contributed by atoms with Crippen LogP contribution in [0.5, 0.6) is 5.75 Å². The zero-order valence-corrected chi connectivity index (χ0v) is 26.5. The Bertz CT molecular complexity index is 1600. The number of piperazine rings is 1. The van der Waals surface area contributed by atoms with E-state index >= 15 is 0 Å². The molecule has 1 aromatic heterocycles. The highest BCUT2D eigenvalue weighted by Crippen LogP contribution is 2.45. The lowest BCUT2D eigenvalue weighted by Crippen LogP contribution is -2.50. The van der Waals surface area contributed by atoms with Gasteiger partial charge in [0.1, 0.15) is 17.2 Å². The van der Waals surface area contributed by atoms with Gasteiger partial charge in [0.2, 0.25) is 0 Å². The fourth-order valence-corrected chi connectivity index (χ4v) is 5.69. The van der Waals surface area contributed by atoms with E-state index < -0.39 is 23.4 Å². The van der Waals surface area contributed by atoms with Crippen molar-refractivity contribution in [3.05, 3.63) is 59.2 Å². The summed E-state index contributed by atoms with van der Waals surface area (Å²) in [5.74, 6) is 0.792. The van der Waals surface area contributed by atoms with E-state index in [1.807, 2.05) is 25.7 Å². The third-order valence-electron chi connectivity index (χ3n) is 7.70. The number of carbonyl (C=O) groups is 2. The molecule has 0 aliphatic carbocycles. The molecule has 3 heterocycles. The Labute approximate surface area is 265 Å². The van der Waals surface area contributed by atoms with E-state index in [2.05, 4.69) is 4.98 Å². The van der Waals surface area contributed by atoms with Crippen LogP contribution in [0.1, 0.15) is 26.3 Å². The van der Waals surface area contributed by atoms with Crippen molar-refractivity contribution in [3.63, 3.8) is 0 Å². The highest BCUT2D eigenvalue weighted by atomic mass is 35.5. The summed E-state index contributed by atoms with van der Waals surface area (Å²) in [6.45, 7) is 8.18. The van der Waals surface area contributed by atoms with E-state index in [0.717, 1.165) is 12.1 Å². The van der Waals surface area contributed by atoms with Gasteiger partial charge < -0.3 is 24.2 Å². The first-order valence-corrected chi connectivity index (χ1v) is 14.8. The van der Waals surface area contributed by atoms with Crippen LogP contribution < -0.4 is 14.5 Å². The van der Waals surface area contributed by atoms with Crippen molar-refractivity contribution in [3.8, 4) is 28.0 Å². The summed E-state index contributed by atoms with van der Waals surface area (Å²) >= 11 is 6.60. The van der Waals surface area contributed by atoms with Crippen LogP contribution in [0, 0.1) is 0 Å². The summed E-state index contributed by atoms with van der Waals surface area (Å²) in [6.07, 6.45) is -3.49. The van der Waals surface area contributed by atoms with Crippen molar-refractivity contribution in [2.75, 3.05) is 63.2 Å². The van der Waals surface area contributed by atoms with Crippen molar-refractivity contribution in [2.24, 2.45) is 0 Å². The van der Waals surface area contributed by atoms with Gasteiger partial charge in [0.15, 0.2) is 0 Å². The van der Waals surface area contributed by atoms with Crippen LogP contribution in [0.2, 0.25) is 5.02 Å². The summed E-state index contributed by atoms with van der Waals surface area (Å²) < 4.78 is 53.9. The number of hydrogen-bond acceptors (Lipinski definition) is 6. The number of pyridine rings is 1. The Morgan fingerprint density at radius 3 is 2.09 bits per heavy atom. The molecule has 0 spiro atoms. The van der Waals surface area contributed by atoms with Crippen LogP contribution in [0.3, 0.4) is 0 Å². The lowest BCUT2D eigenvalue weighted by molar-refractivity contribution is -0.137. The van der Waals surface area contributed by atoms with Gasteiger partial charge in [0, 0.05) is 63.6 Å². The molecule has 0 radical (unpaired) electrons. The van der Waals surface area contributed by atoms with Crippen molar-refractivity contribution >= 4 is 35.2 Å². The number of carbonyl (C=O) groups excluding carboxylic acids is 2. The molecule has 45 heavy (non-hydrogen) atoms. The number of anilines is 2. The van der Waals surface area contributed by atoms with Gasteiger partial charge in [-0.15, -0.1) is 0 Å². The lowest BCUT2D eigenvalue weighted by atomic mass is 9.94. The molecule has 2 fully saturated rings. The van der Waals surface area contributed by atoms with Gasteiger partial charge in [-0.2, -0.15) is 13.2 Å². The van der Waals surface area contributed by atoms with E-state index in [9.17, 15) is 22.8 Å². The predicted molar refractivity (Wildman–Crippen MR) is 167 cm³/mol. The smallest absolute Gasteiger partial charge is 0.416 e. The van der Waals surface area contributed by atoms with Crippen LogP contribution in [0.15, 0.2) is 48.7 Å². The lowest BCUT2D eigenvalue weighted by Gasteiger charge is -2.36. The molecule has 0 atom stereocenters. The van der Waals surface area contributed by atoms with Crippen LogP contribution in [0.4, 0.5) is 34.3 Å². The fourth-order valence-electron chi connectivity index (χ4n) is 5.41. The molecular formula is C32H35ClF3N5O4. The zero-order valence-electron chi connectivity index (χ0n) is 25.7. The zero-order chi connectivity index (χ0) is 32.7. The number of benzene rings is 2. The molecule has 2 aromatic carbocycles. The van der Waals surface area contributed by atoms with Crippen molar-refractivity contribution in [1.82, 2.24) is 14.8 Å². The minimum atomic E-state index is -4.64. The topological polar surface area (TPSA) is 78.5 Å². The summed E-state index contributed by atoms with van der Waals surface area (Å²) in [4.78, 5) is 36.2. The molecule has 3 aromatic rings. The Morgan fingerprint density at radius 2 is 1.56 bits per heavy atom. The van der Waals surface area contributed by atoms with Crippen molar-refractivity contribution in [1.29, 1.82) is 0 Å². The second-order valence-corrected chi connectivity index (χ2v) is 12.4. The highest BCUT2D eigenvalue weighted by molar-refractivity contribution is 6.34. The molecule has 0 unspecified atom stereocenters. The first-order valence-electron chi connectivity index (χ1n) is 14.5. The van der Waals surface area contributed by atoms with E-state index in [4.69, 9.17) is 21.1 Å². The van der Waals surface area contributed by atoms with Gasteiger partial charge in [-0.05, 0) is 68.3 Å². The van der Waals surface area contributed by atoms with E-state index in [1.165, 1.54) is 12.0 Å².